The van der Waals surface area contributed by atoms with Crippen molar-refractivity contribution in [1.29, 1.82) is 0 Å². The van der Waals surface area contributed by atoms with E-state index in [0.29, 0.717) is 11.6 Å². The molecule has 0 saturated carbocycles. The molecular weight excluding hydrogens is 190 g/mol. The molecule has 0 aliphatic carbocycles. The van der Waals surface area contributed by atoms with Gasteiger partial charge in [0.25, 0.3) is 0 Å². The van der Waals surface area contributed by atoms with Crippen LogP contribution in [0.5, 0.6) is 0 Å². The Hall–Kier alpha value is -1.35. The summed E-state index contributed by atoms with van der Waals surface area (Å²) in [4.78, 5) is 11.3. The van der Waals surface area contributed by atoms with Crippen LogP contribution in [0.3, 0.4) is 0 Å². The van der Waals surface area contributed by atoms with Gasteiger partial charge in [-0.3, -0.25) is 0 Å². The van der Waals surface area contributed by atoms with Gasteiger partial charge in [0.05, 0.1) is 12.7 Å². The molecule has 1 unspecified atom stereocenters. The highest BCUT2D eigenvalue weighted by Gasteiger charge is 2.16. The smallest absolute Gasteiger partial charge is 0.337 e. The number of hydrogen-bond acceptors (Lipinski definition) is 3. The summed E-state index contributed by atoms with van der Waals surface area (Å²) in [5.74, 6) is -0.260. The summed E-state index contributed by atoms with van der Waals surface area (Å²) in [5, 5.41) is 3.38. The first-order valence-corrected chi connectivity index (χ1v) is 5.14. The lowest BCUT2D eigenvalue weighted by atomic mass is 9.95. The van der Waals surface area contributed by atoms with Gasteiger partial charge in [0.1, 0.15) is 0 Å². The van der Waals surface area contributed by atoms with Crippen molar-refractivity contribution in [2.75, 3.05) is 7.11 Å². The monoisotopic (exact) mass is 205 g/mol. The Bertz CT molecular complexity index is 387. The molecule has 0 radical (unpaired) electrons. The van der Waals surface area contributed by atoms with Gasteiger partial charge in [0.2, 0.25) is 0 Å². The third-order valence-electron chi connectivity index (χ3n) is 2.79. The lowest BCUT2D eigenvalue weighted by Crippen LogP contribution is -2.32. The van der Waals surface area contributed by atoms with Crippen LogP contribution in [0.4, 0.5) is 0 Å². The molecule has 3 nitrogen and oxygen atoms in total. The molecule has 80 valence electrons. The molecule has 0 amide bonds. The Labute approximate surface area is 89.4 Å². The zero-order valence-electron chi connectivity index (χ0n) is 9.04. The number of hydrogen-bond donors (Lipinski definition) is 1. The highest BCUT2D eigenvalue weighted by Crippen LogP contribution is 2.18. The Morgan fingerprint density at radius 1 is 1.47 bits per heavy atom. The molecule has 0 fully saturated rings. The van der Waals surface area contributed by atoms with Crippen molar-refractivity contribution in [3.8, 4) is 0 Å². The summed E-state index contributed by atoms with van der Waals surface area (Å²) in [6.45, 7) is 3.03. The summed E-state index contributed by atoms with van der Waals surface area (Å²) in [6.07, 6.45) is 0.972. The maximum absolute atomic E-state index is 11.3. The summed E-state index contributed by atoms with van der Waals surface area (Å²) in [6, 6.07) is 6.24. The fraction of sp³-hybridized carbons (Fsp3) is 0.417. The predicted octanol–water partition coefficient (Wildman–Crippen LogP) is 1.51. The summed E-state index contributed by atoms with van der Waals surface area (Å²) < 4.78 is 4.70. The molecule has 0 spiro atoms. The molecule has 1 aromatic rings. The van der Waals surface area contributed by atoms with E-state index >= 15 is 0 Å². The molecule has 1 aromatic carbocycles. The fourth-order valence-corrected chi connectivity index (χ4v) is 1.92. The second-order valence-corrected chi connectivity index (χ2v) is 3.96. The van der Waals surface area contributed by atoms with Gasteiger partial charge in [-0.05, 0) is 36.6 Å². The number of methoxy groups -OCH3 is 1. The first-order valence-electron chi connectivity index (χ1n) is 5.14. The van der Waals surface area contributed by atoms with Gasteiger partial charge < -0.3 is 10.1 Å². The zero-order chi connectivity index (χ0) is 10.8. The predicted molar refractivity (Wildman–Crippen MR) is 57.8 cm³/mol. The molecule has 1 N–H and O–H groups in total. The normalized spacial score (nSPS) is 19.5. The molecule has 1 aliphatic rings. The molecule has 0 aromatic heterocycles. The van der Waals surface area contributed by atoms with Crippen molar-refractivity contribution < 1.29 is 9.53 Å². The van der Waals surface area contributed by atoms with E-state index in [0.717, 1.165) is 13.0 Å². The Balaban J connectivity index is 2.32. The lowest BCUT2D eigenvalue weighted by Gasteiger charge is -2.23. The van der Waals surface area contributed by atoms with Crippen molar-refractivity contribution in [3.63, 3.8) is 0 Å². The van der Waals surface area contributed by atoms with Gasteiger partial charge in [0.15, 0.2) is 0 Å². The minimum Gasteiger partial charge on any atom is -0.465 e. The van der Waals surface area contributed by atoms with Crippen molar-refractivity contribution in [1.82, 2.24) is 5.32 Å². The fourth-order valence-electron chi connectivity index (χ4n) is 1.92. The highest BCUT2D eigenvalue weighted by molar-refractivity contribution is 5.89. The minimum absolute atomic E-state index is 0.260. The summed E-state index contributed by atoms with van der Waals surface area (Å²) >= 11 is 0. The van der Waals surface area contributed by atoms with Crippen LogP contribution in [0.25, 0.3) is 0 Å². The van der Waals surface area contributed by atoms with Crippen LogP contribution in [-0.4, -0.2) is 19.1 Å². The Morgan fingerprint density at radius 2 is 2.27 bits per heavy atom. The number of rotatable bonds is 1. The van der Waals surface area contributed by atoms with Gasteiger partial charge in [-0.1, -0.05) is 6.07 Å². The first kappa shape index (κ1) is 10.2. The molecule has 1 aliphatic heterocycles. The van der Waals surface area contributed by atoms with Crippen LogP contribution in [0.15, 0.2) is 18.2 Å². The standard InChI is InChI=1S/C12H15NO2/c1-8-5-11-6-9(12(14)15-2)3-4-10(11)7-13-8/h3-4,6,8,13H,5,7H2,1-2H3. The second-order valence-electron chi connectivity index (χ2n) is 3.96. The van der Waals surface area contributed by atoms with Crippen molar-refractivity contribution in [2.45, 2.75) is 25.9 Å². The van der Waals surface area contributed by atoms with E-state index in [1.165, 1.54) is 18.2 Å². The van der Waals surface area contributed by atoms with E-state index < -0.39 is 0 Å². The molecule has 2 rings (SSSR count). The number of fused-ring (bicyclic) bond motifs is 1. The molecule has 0 bridgehead atoms. The van der Waals surface area contributed by atoms with E-state index in [-0.39, 0.29) is 5.97 Å². The van der Waals surface area contributed by atoms with Crippen LogP contribution in [0, 0.1) is 0 Å². The number of carbonyl (C=O) groups excluding carboxylic acids is 1. The summed E-state index contributed by atoms with van der Waals surface area (Å²) in [5.41, 5.74) is 3.18. The SMILES string of the molecule is COC(=O)c1ccc2c(c1)CC(C)NC2. The maximum Gasteiger partial charge on any atom is 0.337 e. The number of ether oxygens (including phenoxy) is 1. The van der Waals surface area contributed by atoms with Crippen molar-refractivity contribution in [2.24, 2.45) is 0 Å². The van der Waals surface area contributed by atoms with E-state index in [9.17, 15) is 4.79 Å². The molecule has 0 saturated heterocycles. The zero-order valence-corrected chi connectivity index (χ0v) is 9.04. The molecule has 15 heavy (non-hydrogen) atoms. The Morgan fingerprint density at radius 3 is 3.00 bits per heavy atom. The van der Waals surface area contributed by atoms with Crippen LogP contribution < -0.4 is 5.32 Å². The van der Waals surface area contributed by atoms with E-state index in [1.54, 1.807) is 0 Å². The lowest BCUT2D eigenvalue weighted by molar-refractivity contribution is 0.0600. The van der Waals surface area contributed by atoms with E-state index in [1.807, 2.05) is 18.2 Å². The Kier molecular flexibility index (Phi) is 2.73. The van der Waals surface area contributed by atoms with Gasteiger partial charge in [-0.15, -0.1) is 0 Å². The third-order valence-corrected chi connectivity index (χ3v) is 2.79. The van der Waals surface area contributed by atoms with Crippen LogP contribution in [0.2, 0.25) is 0 Å². The largest absolute Gasteiger partial charge is 0.465 e. The number of nitrogens with one attached hydrogen (secondary N) is 1. The molecule has 1 heterocycles. The van der Waals surface area contributed by atoms with Crippen molar-refractivity contribution >= 4 is 5.97 Å². The van der Waals surface area contributed by atoms with E-state index in [2.05, 4.69) is 12.2 Å². The number of benzene rings is 1. The first-order chi connectivity index (χ1) is 7.20. The highest BCUT2D eigenvalue weighted by atomic mass is 16.5. The number of esters is 1. The van der Waals surface area contributed by atoms with Gasteiger partial charge in [0, 0.05) is 12.6 Å². The van der Waals surface area contributed by atoms with Crippen molar-refractivity contribution in [3.05, 3.63) is 34.9 Å². The second kappa shape index (κ2) is 4.03. The van der Waals surface area contributed by atoms with Gasteiger partial charge >= 0.3 is 5.97 Å². The average molecular weight is 205 g/mol. The average Bonchev–Trinajstić information content (AvgIpc) is 2.27. The van der Waals surface area contributed by atoms with Crippen LogP contribution >= 0.6 is 0 Å². The summed E-state index contributed by atoms with van der Waals surface area (Å²) in [7, 11) is 1.41. The molecule has 3 heteroatoms. The topological polar surface area (TPSA) is 38.3 Å². The number of carbonyl (C=O) groups is 1. The molecule has 1 atom stereocenters. The maximum atomic E-state index is 11.3. The van der Waals surface area contributed by atoms with Gasteiger partial charge in [-0.2, -0.15) is 0 Å². The minimum atomic E-state index is -0.260. The molecular formula is C12H15NO2. The van der Waals surface area contributed by atoms with Gasteiger partial charge in [-0.25, -0.2) is 4.79 Å². The van der Waals surface area contributed by atoms with Crippen LogP contribution in [0.1, 0.15) is 28.4 Å². The van der Waals surface area contributed by atoms with Crippen LogP contribution in [-0.2, 0) is 17.7 Å². The quantitative estimate of drug-likeness (QED) is 0.706. The third kappa shape index (κ3) is 2.02. The van der Waals surface area contributed by atoms with E-state index in [4.69, 9.17) is 4.74 Å².